The Morgan fingerprint density at radius 3 is 2.79 bits per heavy atom. The van der Waals surface area contributed by atoms with Crippen molar-refractivity contribution < 1.29 is 9.59 Å². The van der Waals surface area contributed by atoms with Gasteiger partial charge in [-0.2, -0.15) is 5.10 Å². The van der Waals surface area contributed by atoms with Crippen molar-refractivity contribution in [3.8, 4) is 0 Å². The number of likely N-dealkylation sites (tertiary alicyclic amines) is 2. The minimum absolute atomic E-state index is 0.119. The molecule has 2 N–H and O–H groups in total. The molecule has 0 aromatic carbocycles. The molecule has 2 saturated heterocycles. The quantitative estimate of drug-likeness (QED) is 0.906. The van der Waals surface area contributed by atoms with Crippen molar-refractivity contribution in [1.29, 1.82) is 0 Å². The minimum Gasteiger partial charge on any atom is -0.351 e. The number of carbonyl (C=O) groups is 2. The largest absolute Gasteiger partial charge is 0.351 e. The van der Waals surface area contributed by atoms with Crippen LogP contribution in [-0.2, 0) is 11.3 Å². The van der Waals surface area contributed by atoms with Crippen molar-refractivity contribution in [2.45, 2.75) is 51.6 Å². The summed E-state index contributed by atoms with van der Waals surface area (Å²) in [5, 5.41) is 4.36. The van der Waals surface area contributed by atoms with Gasteiger partial charge in [-0.3, -0.25) is 9.48 Å². The van der Waals surface area contributed by atoms with Gasteiger partial charge in [-0.25, -0.2) is 4.79 Å². The highest BCUT2D eigenvalue weighted by atomic mass is 16.2. The van der Waals surface area contributed by atoms with Gasteiger partial charge in [-0.05, 0) is 44.6 Å². The number of rotatable bonds is 3. The molecule has 0 bridgehead atoms. The fourth-order valence-electron chi connectivity index (χ4n) is 3.88. The van der Waals surface area contributed by atoms with E-state index in [0.29, 0.717) is 13.1 Å². The molecular weight excluding hydrogens is 306 g/mol. The van der Waals surface area contributed by atoms with E-state index < -0.39 is 6.03 Å². The van der Waals surface area contributed by atoms with Gasteiger partial charge in [0.2, 0.25) is 5.91 Å². The van der Waals surface area contributed by atoms with Crippen molar-refractivity contribution >= 4 is 11.9 Å². The molecule has 2 atom stereocenters. The molecule has 24 heavy (non-hydrogen) atoms. The molecule has 0 saturated carbocycles. The molecule has 1 aromatic heterocycles. The van der Waals surface area contributed by atoms with E-state index >= 15 is 0 Å². The van der Waals surface area contributed by atoms with E-state index in [1.165, 1.54) is 0 Å². The second kappa shape index (κ2) is 7.23. The van der Waals surface area contributed by atoms with Crippen molar-refractivity contribution in [3.63, 3.8) is 0 Å². The highest BCUT2D eigenvalue weighted by molar-refractivity contribution is 5.81. The molecule has 3 heterocycles. The van der Waals surface area contributed by atoms with Crippen LogP contribution in [0, 0.1) is 12.8 Å². The number of hydrogen-bond donors (Lipinski definition) is 1. The average Bonchev–Trinajstić information content (AvgIpc) is 3.00. The summed E-state index contributed by atoms with van der Waals surface area (Å²) < 4.78 is 1.93. The van der Waals surface area contributed by atoms with Gasteiger partial charge >= 0.3 is 6.03 Å². The summed E-state index contributed by atoms with van der Waals surface area (Å²) in [6, 6.07) is -0.232. The van der Waals surface area contributed by atoms with Crippen LogP contribution < -0.4 is 5.73 Å². The first kappa shape index (κ1) is 16.8. The third-order valence-corrected chi connectivity index (χ3v) is 5.15. The minimum atomic E-state index is -0.422. The van der Waals surface area contributed by atoms with E-state index in [-0.39, 0.29) is 17.9 Å². The lowest BCUT2D eigenvalue weighted by Crippen LogP contribution is -2.52. The van der Waals surface area contributed by atoms with E-state index in [4.69, 9.17) is 5.73 Å². The van der Waals surface area contributed by atoms with Crippen LogP contribution in [0.15, 0.2) is 12.4 Å². The maximum Gasteiger partial charge on any atom is 0.314 e. The summed E-state index contributed by atoms with van der Waals surface area (Å²) in [4.78, 5) is 28.1. The number of urea groups is 1. The number of carbonyl (C=O) groups excluding carboxylic acids is 2. The molecule has 2 fully saturated rings. The van der Waals surface area contributed by atoms with Crippen LogP contribution in [0.5, 0.6) is 0 Å². The molecule has 3 amide bonds. The maximum atomic E-state index is 13.0. The molecular formula is C17H27N5O2. The maximum absolute atomic E-state index is 13.0. The number of aromatic nitrogens is 2. The number of hydrogen-bond acceptors (Lipinski definition) is 3. The highest BCUT2D eigenvalue weighted by Gasteiger charge is 2.34. The van der Waals surface area contributed by atoms with Crippen molar-refractivity contribution in [2.75, 3.05) is 19.6 Å². The number of amides is 3. The Morgan fingerprint density at radius 2 is 2.08 bits per heavy atom. The first-order valence-corrected chi connectivity index (χ1v) is 8.88. The summed E-state index contributed by atoms with van der Waals surface area (Å²) in [6.07, 6.45) is 8.76. The first-order chi connectivity index (χ1) is 11.5. The summed E-state index contributed by atoms with van der Waals surface area (Å²) in [5.41, 5.74) is 6.52. The van der Waals surface area contributed by atoms with Gasteiger partial charge in [-0.15, -0.1) is 0 Å². The molecule has 2 aliphatic rings. The molecule has 0 spiro atoms. The fourth-order valence-corrected chi connectivity index (χ4v) is 3.88. The van der Waals surface area contributed by atoms with Crippen LogP contribution in [0.3, 0.4) is 0 Å². The zero-order chi connectivity index (χ0) is 17.1. The lowest BCUT2D eigenvalue weighted by Gasteiger charge is -2.40. The smallest absolute Gasteiger partial charge is 0.314 e. The number of primary amides is 1. The summed E-state index contributed by atoms with van der Waals surface area (Å²) in [5.74, 6) is 0.0562. The Kier molecular flexibility index (Phi) is 5.06. The first-order valence-electron chi connectivity index (χ1n) is 8.88. The molecule has 3 rings (SSSR count). The van der Waals surface area contributed by atoms with Crippen LogP contribution in [-0.4, -0.2) is 57.2 Å². The highest BCUT2D eigenvalue weighted by Crippen LogP contribution is 2.25. The summed E-state index contributed by atoms with van der Waals surface area (Å²) >= 11 is 0. The van der Waals surface area contributed by atoms with Crippen LogP contribution >= 0.6 is 0 Å². The molecule has 7 heteroatoms. The number of piperidine rings is 2. The zero-order valence-electron chi connectivity index (χ0n) is 14.4. The van der Waals surface area contributed by atoms with Gasteiger partial charge in [0, 0.05) is 25.8 Å². The van der Waals surface area contributed by atoms with Crippen LogP contribution in [0.2, 0.25) is 0 Å². The predicted octanol–water partition coefficient (Wildman–Crippen LogP) is 1.36. The molecule has 7 nitrogen and oxygen atoms in total. The SMILES string of the molecule is Cc1cnn(C[C@@H]2CCCCN2C(=O)[C@H]2CCCN(C(N)=O)C2)c1. The standard InChI is InChI=1S/C17H27N5O2/c1-13-9-19-21(10-13)12-15-6-2-3-8-22(15)16(23)14-5-4-7-20(11-14)17(18)24/h9-10,14-15H,2-8,11-12H2,1H3,(H2,18,24)/t14-,15-/m0/s1. The third kappa shape index (κ3) is 3.71. The number of aryl methyl sites for hydroxylation is 1. The number of nitrogens with zero attached hydrogens (tertiary/aromatic N) is 4. The average molecular weight is 333 g/mol. The number of nitrogens with two attached hydrogens (primary N) is 1. The van der Waals surface area contributed by atoms with Gasteiger partial charge in [0.15, 0.2) is 0 Å². The lowest BCUT2D eigenvalue weighted by atomic mass is 9.93. The molecule has 0 radical (unpaired) electrons. The second-order valence-electron chi connectivity index (χ2n) is 7.04. The van der Waals surface area contributed by atoms with Crippen LogP contribution in [0.4, 0.5) is 4.79 Å². The molecule has 0 aliphatic carbocycles. The van der Waals surface area contributed by atoms with Crippen LogP contribution in [0.1, 0.15) is 37.7 Å². The van der Waals surface area contributed by atoms with E-state index in [1.807, 2.05) is 28.9 Å². The van der Waals surface area contributed by atoms with E-state index in [0.717, 1.165) is 50.8 Å². The summed E-state index contributed by atoms with van der Waals surface area (Å²) in [7, 11) is 0. The zero-order valence-corrected chi connectivity index (χ0v) is 14.4. The van der Waals surface area contributed by atoms with E-state index in [2.05, 4.69) is 5.10 Å². The summed E-state index contributed by atoms with van der Waals surface area (Å²) in [6.45, 7) is 4.68. The Hall–Kier alpha value is -2.05. The van der Waals surface area contributed by atoms with Gasteiger partial charge in [0.25, 0.3) is 0 Å². The van der Waals surface area contributed by atoms with Gasteiger partial charge in [0.05, 0.1) is 24.7 Å². The molecule has 1 aromatic rings. The predicted molar refractivity (Wildman–Crippen MR) is 90.2 cm³/mol. The van der Waals surface area contributed by atoms with E-state index in [9.17, 15) is 9.59 Å². The molecule has 132 valence electrons. The van der Waals surface area contributed by atoms with Gasteiger partial charge in [0.1, 0.15) is 0 Å². The normalized spacial score (nSPS) is 24.9. The topological polar surface area (TPSA) is 84.5 Å². The Labute approximate surface area is 142 Å². The van der Waals surface area contributed by atoms with Gasteiger partial charge < -0.3 is 15.5 Å². The Bertz CT molecular complexity index is 600. The van der Waals surface area contributed by atoms with Crippen molar-refractivity contribution in [3.05, 3.63) is 18.0 Å². The van der Waals surface area contributed by atoms with Crippen LogP contribution in [0.25, 0.3) is 0 Å². The third-order valence-electron chi connectivity index (χ3n) is 5.15. The monoisotopic (exact) mass is 333 g/mol. The Balaban J connectivity index is 1.67. The van der Waals surface area contributed by atoms with Gasteiger partial charge in [-0.1, -0.05) is 0 Å². The lowest BCUT2D eigenvalue weighted by molar-refractivity contribution is -0.141. The fraction of sp³-hybridized carbons (Fsp3) is 0.706. The molecule has 0 unspecified atom stereocenters. The molecule has 2 aliphatic heterocycles. The van der Waals surface area contributed by atoms with Crippen molar-refractivity contribution in [2.24, 2.45) is 11.7 Å². The second-order valence-corrected chi connectivity index (χ2v) is 7.04. The van der Waals surface area contributed by atoms with Crippen molar-refractivity contribution in [1.82, 2.24) is 19.6 Å². The van der Waals surface area contributed by atoms with E-state index in [1.54, 1.807) is 4.90 Å². The Morgan fingerprint density at radius 1 is 1.25 bits per heavy atom.